The Morgan fingerprint density at radius 1 is 1.17 bits per heavy atom. The van der Waals surface area contributed by atoms with Crippen LogP contribution in [0.3, 0.4) is 0 Å². The van der Waals surface area contributed by atoms with Crippen LogP contribution in [-0.4, -0.2) is 72.3 Å². The normalized spacial score (nSPS) is 24.0. The lowest BCUT2D eigenvalue weighted by Gasteiger charge is -2.31. The number of nitrogens with one attached hydrogen (secondary N) is 1. The maximum atomic E-state index is 13.1. The molecule has 2 unspecified atom stereocenters. The summed E-state index contributed by atoms with van der Waals surface area (Å²) in [5, 5.41) is 6.40. The number of aromatic nitrogens is 2. The maximum absolute atomic E-state index is 13.1. The second-order valence-electron chi connectivity index (χ2n) is 8.15. The van der Waals surface area contributed by atoms with Crippen LogP contribution in [-0.2, 0) is 4.74 Å². The van der Waals surface area contributed by atoms with Gasteiger partial charge in [0.2, 0.25) is 0 Å². The molecule has 9 heteroatoms. The van der Waals surface area contributed by atoms with Crippen molar-refractivity contribution in [2.24, 2.45) is 0 Å². The van der Waals surface area contributed by atoms with E-state index in [0.29, 0.717) is 61.1 Å². The molecule has 0 aliphatic carbocycles. The zero-order chi connectivity index (χ0) is 20.1. The summed E-state index contributed by atoms with van der Waals surface area (Å²) >= 11 is 1.54. The molecule has 1 amide bonds. The van der Waals surface area contributed by atoms with Crippen LogP contribution in [0.2, 0.25) is 0 Å². The van der Waals surface area contributed by atoms with E-state index in [1.165, 1.54) is 24.2 Å². The number of rotatable bonds is 3. The number of oxazole rings is 1. The van der Waals surface area contributed by atoms with Crippen LogP contribution < -0.4 is 10.2 Å². The lowest BCUT2D eigenvalue weighted by atomic mass is 10.1. The number of morpholine rings is 1. The van der Waals surface area contributed by atoms with Crippen LogP contribution in [0.1, 0.15) is 23.2 Å². The molecule has 5 heterocycles. The van der Waals surface area contributed by atoms with Gasteiger partial charge in [0, 0.05) is 55.4 Å². The number of carbonyl (C=O) groups excluding carboxylic acids is 1. The van der Waals surface area contributed by atoms with Gasteiger partial charge in [-0.1, -0.05) is 0 Å². The number of thiazole rings is 1. The quantitative estimate of drug-likeness (QED) is 0.690. The van der Waals surface area contributed by atoms with Crippen molar-refractivity contribution in [1.29, 1.82) is 0 Å². The predicted octanol–water partition coefficient (Wildman–Crippen LogP) is 2.36. The molecule has 8 nitrogen and oxygen atoms in total. The topological polar surface area (TPSA) is 83.7 Å². The van der Waals surface area contributed by atoms with E-state index in [1.54, 1.807) is 6.20 Å². The molecule has 30 heavy (non-hydrogen) atoms. The SMILES string of the molecule is O=C(c1cc(-c2nccs2)c2oc(N3CC4CCC(C3)N4)nc2c1)N1CCOCC1. The highest BCUT2D eigenvalue weighted by molar-refractivity contribution is 7.13. The minimum absolute atomic E-state index is 0.00257. The summed E-state index contributed by atoms with van der Waals surface area (Å²) in [5.41, 5.74) is 2.86. The largest absolute Gasteiger partial charge is 0.423 e. The number of amides is 1. The first-order chi connectivity index (χ1) is 14.7. The summed E-state index contributed by atoms with van der Waals surface area (Å²) in [5.74, 6) is 0.00257. The van der Waals surface area contributed by atoms with Crippen molar-refractivity contribution in [3.8, 4) is 10.6 Å². The molecule has 3 aromatic rings. The molecule has 6 rings (SSSR count). The van der Waals surface area contributed by atoms with Crippen molar-refractivity contribution < 1.29 is 13.9 Å². The molecule has 2 bridgehead atoms. The highest BCUT2D eigenvalue weighted by Gasteiger charge is 2.34. The van der Waals surface area contributed by atoms with Gasteiger partial charge in [-0.15, -0.1) is 11.3 Å². The van der Waals surface area contributed by atoms with Gasteiger partial charge in [0.15, 0.2) is 5.58 Å². The summed E-state index contributed by atoms with van der Waals surface area (Å²) in [4.78, 5) is 26.5. The third kappa shape index (κ3) is 3.17. The number of hydrogen-bond acceptors (Lipinski definition) is 8. The Balaban J connectivity index is 1.42. The van der Waals surface area contributed by atoms with Gasteiger partial charge < -0.3 is 24.3 Å². The Morgan fingerprint density at radius 3 is 2.70 bits per heavy atom. The molecule has 2 atom stereocenters. The number of anilines is 1. The van der Waals surface area contributed by atoms with Gasteiger partial charge in [-0.25, -0.2) is 4.98 Å². The van der Waals surface area contributed by atoms with E-state index < -0.39 is 0 Å². The highest BCUT2D eigenvalue weighted by Crippen LogP contribution is 2.35. The Labute approximate surface area is 177 Å². The molecule has 3 aliphatic heterocycles. The van der Waals surface area contributed by atoms with Crippen LogP contribution in [0.5, 0.6) is 0 Å². The molecular formula is C21H23N5O3S. The smallest absolute Gasteiger partial charge is 0.298 e. The fraction of sp³-hybridized carbons (Fsp3) is 0.476. The first-order valence-electron chi connectivity index (χ1n) is 10.5. The zero-order valence-electron chi connectivity index (χ0n) is 16.5. The van der Waals surface area contributed by atoms with E-state index in [9.17, 15) is 4.79 Å². The molecule has 0 saturated carbocycles. The van der Waals surface area contributed by atoms with E-state index in [1.807, 2.05) is 22.4 Å². The average molecular weight is 426 g/mol. The molecule has 0 spiro atoms. The number of carbonyl (C=O) groups is 1. The number of fused-ring (bicyclic) bond motifs is 3. The fourth-order valence-electron chi connectivity index (χ4n) is 4.70. The van der Waals surface area contributed by atoms with Gasteiger partial charge >= 0.3 is 0 Å². The summed E-state index contributed by atoms with van der Waals surface area (Å²) in [6.07, 6.45) is 4.17. The van der Waals surface area contributed by atoms with Gasteiger partial charge in [0.25, 0.3) is 11.9 Å². The Kier molecular flexibility index (Phi) is 4.47. The third-order valence-corrected chi connectivity index (χ3v) is 6.98. The average Bonchev–Trinajstić information content (AvgIpc) is 3.53. The number of hydrogen-bond donors (Lipinski definition) is 1. The summed E-state index contributed by atoms with van der Waals surface area (Å²) in [6, 6.07) is 5.38. The molecule has 3 aliphatic rings. The first-order valence-corrected chi connectivity index (χ1v) is 11.3. The zero-order valence-corrected chi connectivity index (χ0v) is 17.4. The molecule has 2 aromatic heterocycles. The summed E-state index contributed by atoms with van der Waals surface area (Å²) in [7, 11) is 0. The van der Waals surface area contributed by atoms with Crippen LogP contribution in [0.15, 0.2) is 28.1 Å². The van der Waals surface area contributed by atoms with Crippen LogP contribution in [0, 0.1) is 0 Å². The third-order valence-electron chi connectivity index (χ3n) is 6.17. The van der Waals surface area contributed by atoms with Gasteiger partial charge in [-0.3, -0.25) is 4.79 Å². The van der Waals surface area contributed by atoms with Crippen molar-refractivity contribution in [1.82, 2.24) is 20.2 Å². The van der Waals surface area contributed by atoms with Crippen LogP contribution >= 0.6 is 11.3 Å². The minimum atomic E-state index is 0.00257. The molecule has 0 radical (unpaired) electrons. The van der Waals surface area contributed by atoms with Gasteiger partial charge in [-0.05, 0) is 25.0 Å². The molecule has 156 valence electrons. The van der Waals surface area contributed by atoms with E-state index in [-0.39, 0.29) is 5.91 Å². The van der Waals surface area contributed by atoms with Crippen molar-refractivity contribution in [2.45, 2.75) is 24.9 Å². The van der Waals surface area contributed by atoms with Crippen molar-refractivity contribution >= 4 is 34.4 Å². The molecule has 3 fully saturated rings. The van der Waals surface area contributed by atoms with Gasteiger partial charge in [-0.2, -0.15) is 4.98 Å². The van der Waals surface area contributed by atoms with E-state index in [4.69, 9.17) is 14.1 Å². The predicted molar refractivity (Wildman–Crippen MR) is 114 cm³/mol. The fourth-order valence-corrected chi connectivity index (χ4v) is 5.35. The molecular weight excluding hydrogens is 402 g/mol. The van der Waals surface area contributed by atoms with E-state index in [2.05, 4.69) is 15.2 Å². The second-order valence-corrected chi connectivity index (χ2v) is 9.05. The molecule has 3 saturated heterocycles. The standard InChI is InChI=1S/C21H23N5O3S/c27-20(25-4-6-28-7-5-25)13-9-16(19-22-3-8-30-19)18-17(10-13)24-21(29-18)26-11-14-1-2-15(12-26)23-14/h3,8-10,14-15,23H,1-2,4-7,11-12H2. The maximum Gasteiger partial charge on any atom is 0.298 e. The van der Waals surface area contributed by atoms with Gasteiger partial charge in [0.05, 0.1) is 18.8 Å². The van der Waals surface area contributed by atoms with Crippen molar-refractivity contribution in [3.63, 3.8) is 0 Å². The Bertz CT molecular complexity index is 1060. The highest BCUT2D eigenvalue weighted by atomic mass is 32.1. The second kappa shape index (κ2) is 7.33. The lowest BCUT2D eigenvalue weighted by molar-refractivity contribution is 0.0303. The Hall–Kier alpha value is -2.49. The number of ether oxygens (including phenoxy) is 1. The lowest BCUT2D eigenvalue weighted by Crippen LogP contribution is -2.51. The summed E-state index contributed by atoms with van der Waals surface area (Å²) < 4.78 is 11.7. The van der Waals surface area contributed by atoms with Crippen LogP contribution in [0.25, 0.3) is 21.7 Å². The van der Waals surface area contributed by atoms with Crippen molar-refractivity contribution in [3.05, 3.63) is 29.3 Å². The van der Waals surface area contributed by atoms with Gasteiger partial charge in [0.1, 0.15) is 10.5 Å². The van der Waals surface area contributed by atoms with E-state index >= 15 is 0 Å². The van der Waals surface area contributed by atoms with Crippen molar-refractivity contribution in [2.75, 3.05) is 44.3 Å². The van der Waals surface area contributed by atoms with E-state index in [0.717, 1.165) is 23.7 Å². The monoisotopic (exact) mass is 425 g/mol. The first kappa shape index (κ1) is 18.3. The van der Waals surface area contributed by atoms with Crippen LogP contribution in [0.4, 0.5) is 6.01 Å². The summed E-state index contributed by atoms with van der Waals surface area (Å²) in [6.45, 7) is 4.17. The number of piperazine rings is 1. The number of benzene rings is 1. The molecule has 1 aromatic carbocycles. The Morgan fingerprint density at radius 2 is 1.97 bits per heavy atom. The minimum Gasteiger partial charge on any atom is -0.423 e. The molecule has 1 N–H and O–H groups in total. The number of nitrogens with zero attached hydrogens (tertiary/aromatic N) is 4.